The SMILES string of the molecule is C=C(C)C(=O)OCCCC(C(=O)O)N(C)C. The van der Waals surface area contributed by atoms with Crippen molar-refractivity contribution >= 4 is 11.9 Å². The molecule has 5 nitrogen and oxygen atoms in total. The van der Waals surface area contributed by atoms with E-state index in [1.54, 1.807) is 25.9 Å². The molecule has 0 bridgehead atoms. The Morgan fingerprint density at radius 2 is 2.00 bits per heavy atom. The molecule has 0 saturated carbocycles. The van der Waals surface area contributed by atoms with E-state index in [0.717, 1.165) is 0 Å². The Bertz CT molecular complexity index is 273. The second-order valence-corrected chi connectivity index (χ2v) is 3.88. The van der Waals surface area contributed by atoms with Crippen molar-refractivity contribution in [3.05, 3.63) is 12.2 Å². The molecular weight excluding hydrogens is 210 g/mol. The van der Waals surface area contributed by atoms with Crippen molar-refractivity contribution in [1.29, 1.82) is 0 Å². The summed E-state index contributed by atoms with van der Waals surface area (Å²) in [6.07, 6.45) is 0.972. The average Bonchev–Trinajstić information content (AvgIpc) is 2.15. The van der Waals surface area contributed by atoms with Gasteiger partial charge in [0.15, 0.2) is 0 Å². The first-order chi connectivity index (χ1) is 7.36. The minimum absolute atomic E-state index is 0.226. The van der Waals surface area contributed by atoms with E-state index in [9.17, 15) is 9.59 Å². The lowest BCUT2D eigenvalue weighted by Gasteiger charge is -2.19. The zero-order valence-corrected chi connectivity index (χ0v) is 10.0. The number of hydrogen-bond acceptors (Lipinski definition) is 4. The third-order valence-corrected chi connectivity index (χ3v) is 2.11. The Morgan fingerprint density at radius 1 is 1.44 bits per heavy atom. The maximum absolute atomic E-state index is 11.0. The first-order valence-corrected chi connectivity index (χ1v) is 5.08. The molecule has 1 N–H and O–H groups in total. The summed E-state index contributed by atoms with van der Waals surface area (Å²) in [4.78, 5) is 23.4. The Morgan fingerprint density at radius 3 is 2.38 bits per heavy atom. The number of carbonyl (C=O) groups excluding carboxylic acids is 1. The molecule has 0 aromatic rings. The summed E-state index contributed by atoms with van der Waals surface area (Å²) in [5.41, 5.74) is 0.349. The van der Waals surface area contributed by atoms with Crippen LogP contribution in [-0.2, 0) is 14.3 Å². The first kappa shape index (κ1) is 14.6. The highest BCUT2D eigenvalue weighted by Crippen LogP contribution is 2.04. The Kier molecular flexibility index (Phi) is 6.41. The smallest absolute Gasteiger partial charge is 0.333 e. The van der Waals surface area contributed by atoms with Gasteiger partial charge in [-0.05, 0) is 33.9 Å². The van der Waals surface area contributed by atoms with Gasteiger partial charge in [0.05, 0.1) is 6.61 Å². The van der Waals surface area contributed by atoms with Crippen LogP contribution in [0.1, 0.15) is 19.8 Å². The summed E-state index contributed by atoms with van der Waals surface area (Å²) < 4.78 is 4.86. The van der Waals surface area contributed by atoms with Crippen molar-refractivity contribution in [3.63, 3.8) is 0 Å². The molecule has 1 unspecified atom stereocenters. The van der Waals surface area contributed by atoms with Gasteiger partial charge in [-0.15, -0.1) is 0 Å². The predicted molar refractivity (Wildman–Crippen MR) is 60.1 cm³/mol. The van der Waals surface area contributed by atoms with E-state index in [-0.39, 0.29) is 6.61 Å². The van der Waals surface area contributed by atoms with E-state index in [1.807, 2.05) is 0 Å². The maximum atomic E-state index is 11.0. The van der Waals surface area contributed by atoms with Crippen LogP contribution in [0.3, 0.4) is 0 Å². The lowest BCUT2D eigenvalue weighted by atomic mass is 10.1. The van der Waals surface area contributed by atoms with Gasteiger partial charge in [-0.2, -0.15) is 0 Å². The lowest BCUT2D eigenvalue weighted by Crippen LogP contribution is -2.35. The molecule has 0 aromatic heterocycles. The maximum Gasteiger partial charge on any atom is 0.333 e. The number of carbonyl (C=O) groups is 2. The molecule has 92 valence electrons. The molecule has 0 rings (SSSR count). The zero-order chi connectivity index (χ0) is 12.7. The topological polar surface area (TPSA) is 66.8 Å². The van der Waals surface area contributed by atoms with Crippen molar-refractivity contribution in [1.82, 2.24) is 4.90 Å². The van der Waals surface area contributed by atoms with Gasteiger partial charge >= 0.3 is 11.9 Å². The van der Waals surface area contributed by atoms with E-state index < -0.39 is 18.0 Å². The van der Waals surface area contributed by atoms with Crippen molar-refractivity contribution in [2.75, 3.05) is 20.7 Å². The molecule has 0 amide bonds. The molecule has 5 heteroatoms. The number of carboxylic acids is 1. The quantitative estimate of drug-likeness (QED) is 0.399. The molecule has 1 atom stereocenters. The number of aliphatic carboxylic acids is 1. The van der Waals surface area contributed by atoms with Gasteiger partial charge < -0.3 is 9.84 Å². The number of carboxylic acid groups (broad SMARTS) is 1. The van der Waals surface area contributed by atoms with Gasteiger partial charge in [-0.25, -0.2) is 4.79 Å². The van der Waals surface area contributed by atoms with Gasteiger partial charge in [0.1, 0.15) is 6.04 Å². The van der Waals surface area contributed by atoms with Gasteiger partial charge in [-0.3, -0.25) is 9.69 Å². The monoisotopic (exact) mass is 229 g/mol. The fourth-order valence-corrected chi connectivity index (χ4v) is 1.17. The number of hydrogen-bond donors (Lipinski definition) is 1. The minimum Gasteiger partial charge on any atom is -0.480 e. The Hall–Kier alpha value is -1.36. The normalized spacial score (nSPS) is 12.2. The number of nitrogens with zero attached hydrogens (tertiary/aromatic N) is 1. The number of rotatable bonds is 7. The molecule has 0 aliphatic heterocycles. The Labute approximate surface area is 95.7 Å². The lowest BCUT2D eigenvalue weighted by molar-refractivity contribution is -0.142. The summed E-state index contributed by atoms with van der Waals surface area (Å²) in [7, 11) is 3.41. The number of ether oxygens (including phenoxy) is 1. The average molecular weight is 229 g/mol. The Balaban J connectivity index is 3.84. The largest absolute Gasteiger partial charge is 0.480 e. The number of likely N-dealkylation sites (N-methyl/N-ethyl adjacent to an activating group) is 1. The molecule has 0 saturated heterocycles. The van der Waals surface area contributed by atoms with Crippen LogP contribution >= 0.6 is 0 Å². The fraction of sp³-hybridized carbons (Fsp3) is 0.636. The molecular formula is C11H19NO4. The van der Waals surface area contributed by atoms with E-state index in [4.69, 9.17) is 9.84 Å². The van der Waals surface area contributed by atoms with Crippen molar-refractivity contribution in [2.45, 2.75) is 25.8 Å². The second kappa shape index (κ2) is 7.00. The summed E-state index contributed by atoms with van der Waals surface area (Å²) >= 11 is 0. The van der Waals surface area contributed by atoms with E-state index >= 15 is 0 Å². The van der Waals surface area contributed by atoms with Gasteiger partial charge in [0.2, 0.25) is 0 Å². The van der Waals surface area contributed by atoms with E-state index in [1.165, 1.54) is 0 Å². The van der Waals surface area contributed by atoms with Gasteiger partial charge in [0.25, 0.3) is 0 Å². The van der Waals surface area contributed by atoms with E-state index in [2.05, 4.69) is 6.58 Å². The van der Waals surface area contributed by atoms with E-state index in [0.29, 0.717) is 18.4 Å². The number of esters is 1. The molecule has 0 aromatic carbocycles. The summed E-state index contributed by atoms with van der Waals surface area (Å²) in [6, 6.07) is -0.538. The third kappa shape index (κ3) is 5.50. The van der Waals surface area contributed by atoms with Gasteiger partial charge in [0, 0.05) is 5.57 Å². The summed E-state index contributed by atoms with van der Waals surface area (Å²) in [5.74, 6) is -1.30. The van der Waals surface area contributed by atoms with Crippen LogP contribution in [0.2, 0.25) is 0 Å². The molecule has 0 aliphatic carbocycles. The summed E-state index contributed by atoms with van der Waals surface area (Å²) in [5, 5.41) is 8.88. The molecule has 0 radical (unpaired) electrons. The zero-order valence-electron chi connectivity index (χ0n) is 10.0. The van der Waals surface area contributed by atoms with Crippen LogP contribution < -0.4 is 0 Å². The van der Waals surface area contributed by atoms with Gasteiger partial charge in [-0.1, -0.05) is 6.58 Å². The molecule has 0 fully saturated rings. The molecule has 0 spiro atoms. The highest BCUT2D eigenvalue weighted by molar-refractivity contribution is 5.86. The highest BCUT2D eigenvalue weighted by Gasteiger charge is 2.19. The van der Waals surface area contributed by atoms with Crippen molar-refractivity contribution in [3.8, 4) is 0 Å². The highest BCUT2D eigenvalue weighted by atomic mass is 16.5. The van der Waals surface area contributed by atoms with Crippen LogP contribution in [0, 0.1) is 0 Å². The van der Waals surface area contributed by atoms with Crippen LogP contribution in [0.5, 0.6) is 0 Å². The fourth-order valence-electron chi connectivity index (χ4n) is 1.17. The third-order valence-electron chi connectivity index (χ3n) is 2.11. The van der Waals surface area contributed by atoms with Crippen molar-refractivity contribution in [2.24, 2.45) is 0 Å². The standard InChI is InChI=1S/C11H19NO4/c1-8(2)11(15)16-7-5-6-9(10(13)14)12(3)4/h9H,1,5-7H2,2-4H3,(H,13,14). The molecule has 0 heterocycles. The molecule has 0 aliphatic rings. The molecule has 16 heavy (non-hydrogen) atoms. The van der Waals surface area contributed by atoms with Crippen LogP contribution in [-0.4, -0.2) is 48.7 Å². The predicted octanol–water partition coefficient (Wildman–Crippen LogP) is 0.901. The van der Waals surface area contributed by atoms with Crippen LogP contribution in [0.15, 0.2) is 12.2 Å². The van der Waals surface area contributed by atoms with Crippen LogP contribution in [0.25, 0.3) is 0 Å². The minimum atomic E-state index is -0.865. The van der Waals surface area contributed by atoms with Crippen LogP contribution in [0.4, 0.5) is 0 Å². The second-order valence-electron chi connectivity index (χ2n) is 3.88. The summed E-state index contributed by atoms with van der Waals surface area (Å²) in [6.45, 7) is 5.25. The van der Waals surface area contributed by atoms with Crippen molar-refractivity contribution < 1.29 is 19.4 Å². The first-order valence-electron chi connectivity index (χ1n) is 5.08.